The summed E-state index contributed by atoms with van der Waals surface area (Å²) in [5, 5.41) is 0.488. The SMILES string of the molecule is COc1cccc(C(=O)[C@H]2[C@@H](c3ccc(Cl)cc3)C3(C(=O)c4ccccc4C3=O)[C@H]3C=Cc4cc(F)ccc4N23)c1. The number of methoxy groups -OCH3 is 1. The Morgan fingerprint density at radius 3 is 2.29 bits per heavy atom. The van der Waals surface area contributed by atoms with Gasteiger partial charge in [-0.25, -0.2) is 4.39 Å². The molecule has 4 aromatic rings. The van der Waals surface area contributed by atoms with Gasteiger partial charge in [-0.2, -0.15) is 0 Å². The summed E-state index contributed by atoms with van der Waals surface area (Å²) < 4.78 is 19.8. The zero-order chi connectivity index (χ0) is 28.5. The van der Waals surface area contributed by atoms with Gasteiger partial charge in [-0.3, -0.25) is 14.4 Å². The van der Waals surface area contributed by atoms with Crippen LogP contribution < -0.4 is 9.64 Å². The van der Waals surface area contributed by atoms with Crippen molar-refractivity contribution < 1.29 is 23.5 Å². The van der Waals surface area contributed by atoms with Crippen molar-refractivity contribution in [2.45, 2.75) is 18.0 Å². The Bertz CT molecular complexity index is 1760. The Morgan fingerprint density at radius 1 is 0.902 bits per heavy atom. The molecule has 0 radical (unpaired) electrons. The van der Waals surface area contributed by atoms with E-state index in [1.807, 2.05) is 4.90 Å². The molecule has 41 heavy (non-hydrogen) atoms. The fourth-order valence-corrected chi connectivity index (χ4v) is 7.06. The van der Waals surface area contributed by atoms with Crippen molar-refractivity contribution in [2.75, 3.05) is 12.0 Å². The van der Waals surface area contributed by atoms with Crippen LogP contribution in [0.3, 0.4) is 0 Å². The van der Waals surface area contributed by atoms with Crippen LogP contribution in [0.25, 0.3) is 6.08 Å². The number of Topliss-reactive ketones (excluding diaryl/α,β-unsaturated/α-hetero) is 3. The van der Waals surface area contributed by atoms with Crippen LogP contribution in [-0.4, -0.2) is 36.5 Å². The second kappa shape index (κ2) is 9.25. The molecule has 3 atom stereocenters. The van der Waals surface area contributed by atoms with E-state index in [0.29, 0.717) is 44.3 Å². The standard InChI is InChI=1S/C34H23ClFNO4/c1-41-24-6-4-5-21(18-24)31(38)30-29(19-9-12-22(35)13-10-19)34(32(39)25-7-2-3-8-26(25)33(34)40)28-16-11-20-17-23(36)14-15-27(20)37(28)30/h2-18,28-30H,1H3/t28-,29-,30-/m1/s1. The third-order valence-corrected chi connectivity index (χ3v) is 8.87. The average molecular weight is 564 g/mol. The number of benzene rings is 4. The molecule has 1 spiro atoms. The van der Waals surface area contributed by atoms with Gasteiger partial charge in [-0.1, -0.05) is 72.3 Å². The largest absolute Gasteiger partial charge is 0.497 e. The van der Waals surface area contributed by atoms with Crippen molar-refractivity contribution in [1.82, 2.24) is 0 Å². The molecule has 0 saturated carbocycles. The molecule has 1 fully saturated rings. The molecular weight excluding hydrogens is 541 g/mol. The first kappa shape index (κ1) is 25.4. The molecular formula is C34H23ClFNO4. The number of nitrogens with zero attached hydrogens (tertiary/aromatic N) is 1. The fraction of sp³-hybridized carbons (Fsp3) is 0.147. The molecule has 0 N–H and O–H groups in total. The number of ketones is 3. The minimum Gasteiger partial charge on any atom is -0.497 e. The predicted molar refractivity (Wildman–Crippen MR) is 155 cm³/mol. The summed E-state index contributed by atoms with van der Waals surface area (Å²) in [6.07, 6.45) is 3.51. The lowest BCUT2D eigenvalue weighted by Gasteiger charge is -2.37. The number of carbonyl (C=O) groups is 3. The van der Waals surface area contributed by atoms with Gasteiger partial charge >= 0.3 is 0 Å². The fourth-order valence-electron chi connectivity index (χ4n) is 6.94. The van der Waals surface area contributed by atoms with E-state index in [1.165, 1.54) is 19.2 Å². The van der Waals surface area contributed by atoms with E-state index in [-0.39, 0.29) is 17.3 Å². The molecule has 202 valence electrons. The van der Waals surface area contributed by atoms with Crippen LogP contribution in [0.4, 0.5) is 10.1 Å². The molecule has 1 saturated heterocycles. The maximum Gasteiger partial charge on any atom is 0.186 e. The lowest BCUT2D eigenvalue weighted by atomic mass is 9.64. The van der Waals surface area contributed by atoms with E-state index < -0.39 is 29.2 Å². The van der Waals surface area contributed by atoms with Gasteiger partial charge in [0, 0.05) is 38.9 Å². The number of carbonyl (C=O) groups excluding carboxylic acids is 3. The van der Waals surface area contributed by atoms with E-state index in [4.69, 9.17) is 16.3 Å². The number of hydrogen-bond acceptors (Lipinski definition) is 5. The smallest absolute Gasteiger partial charge is 0.186 e. The maximum absolute atomic E-state index is 14.7. The van der Waals surface area contributed by atoms with E-state index in [2.05, 4.69) is 0 Å². The highest BCUT2D eigenvalue weighted by molar-refractivity contribution is 6.32. The topological polar surface area (TPSA) is 63.7 Å². The molecule has 7 rings (SSSR count). The second-order valence-corrected chi connectivity index (χ2v) is 11.0. The summed E-state index contributed by atoms with van der Waals surface area (Å²) in [5.41, 5.74) is 1.18. The number of anilines is 1. The van der Waals surface area contributed by atoms with Gasteiger partial charge in [0.1, 0.15) is 23.0 Å². The van der Waals surface area contributed by atoms with Crippen molar-refractivity contribution in [1.29, 1.82) is 0 Å². The van der Waals surface area contributed by atoms with Crippen LogP contribution in [0.15, 0.2) is 97.1 Å². The summed E-state index contributed by atoms with van der Waals surface area (Å²) in [4.78, 5) is 45.7. The molecule has 0 bridgehead atoms. The first-order chi connectivity index (χ1) is 19.9. The third-order valence-electron chi connectivity index (χ3n) is 8.62. The first-order valence-electron chi connectivity index (χ1n) is 13.2. The first-order valence-corrected chi connectivity index (χ1v) is 13.6. The molecule has 0 aromatic heterocycles. The lowest BCUT2D eigenvalue weighted by Crippen LogP contribution is -2.48. The van der Waals surface area contributed by atoms with E-state index in [1.54, 1.807) is 91.0 Å². The third kappa shape index (κ3) is 3.50. The van der Waals surface area contributed by atoms with Crippen LogP contribution in [-0.2, 0) is 0 Å². The normalized spacial score (nSPS) is 21.5. The lowest BCUT2D eigenvalue weighted by molar-refractivity contribution is 0.0666. The van der Waals surface area contributed by atoms with E-state index >= 15 is 0 Å². The zero-order valence-corrected chi connectivity index (χ0v) is 22.6. The number of ether oxygens (including phenoxy) is 1. The number of hydrogen-bond donors (Lipinski definition) is 0. The number of fused-ring (bicyclic) bond motifs is 5. The minimum absolute atomic E-state index is 0.284. The molecule has 2 aliphatic heterocycles. The highest BCUT2D eigenvalue weighted by atomic mass is 35.5. The molecule has 0 amide bonds. The van der Waals surface area contributed by atoms with E-state index in [0.717, 1.165) is 0 Å². The Labute approximate surface area is 240 Å². The second-order valence-electron chi connectivity index (χ2n) is 10.6. The van der Waals surface area contributed by atoms with Crippen molar-refractivity contribution in [3.63, 3.8) is 0 Å². The number of rotatable bonds is 4. The van der Waals surface area contributed by atoms with Crippen molar-refractivity contribution in [3.05, 3.63) is 136 Å². The molecule has 1 aliphatic carbocycles. The Morgan fingerprint density at radius 2 is 1.61 bits per heavy atom. The molecule has 7 heteroatoms. The Kier molecular flexibility index (Phi) is 5.73. The highest BCUT2D eigenvalue weighted by Crippen LogP contribution is 2.61. The summed E-state index contributed by atoms with van der Waals surface area (Å²) in [7, 11) is 1.52. The Balaban J connectivity index is 1.54. The van der Waals surface area contributed by atoms with Gasteiger partial charge in [-0.05, 0) is 48.0 Å². The van der Waals surface area contributed by atoms with Gasteiger partial charge in [-0.15, -0.1) is 0 Å². The van der Waals surface area contributed by atoms with Gasteiger partial charge in [0.05, 0.1) is 13.2 Å². The molecule has 5 nitrogen and oxygen atoms in total. The molecule has 4 aromatic carbocycles. The summed E-state index contributed by atoms with van der Waals surface area (Å²) in [6, 6.07) is 23.1. The highest BCUT2D eigenvalue weighted by Gasteiger charge is 2.71. The molecule has 2 heterocycles. The monoisotopic (exact) mass is 563 g/mol. The van der Waals surface area contributed by atoms with E-state index in [9.17, 15) is 18.8 Å². The van der Waals surface area contributed by atoms with Crippen LogP contribution in [0.5, 0.6) is 5.75 Å². The van der Waals surface area contributed by atoms with Gasteiger partial charge in [0.15, 0.2) is 17.3 Å². The van der Waals surface area contributed by atoms with Crippen LogP contribution in [0.2, 0.25) is 5.02 Å². The van der Waals surface area contributed by atoms with Crippen LogP contribution in [0.1, 0.15) is 48.1 Å². The summed E-state index contributed by atoms with van der Waals surface area (Å²) >= 11 is 6.26. The van der Waals surface area contributed by atoms with Crippen molar-refractivity contribution in [2.24, 2.45) is 5.41 Å². The summed E-state index contributed by atoms with van der Waals surface area (Å²) in [6.45, 7) is 0. The summed E-state index contributed by atoms with van der Waals surface area (Å²) in [5.74, 6) is -1.74. The number of halogens is 2. The molecule has 3 aliphatic rings. The van der Waals surface area contributed by atoms with Crippen molar-refractivity contribution in [3.8, 4) is 5.75 Å². The maximum atomic E-state index is 14.7. The quantitative estimate of drug-likeness (QED) is 0.202. The van der Waals surface area contributed by atoms with Crippen LogP contribution >= 0.6 is 11.6 Å². The van der Waals surface area contributed by atoms with Crippen LogP contribution in [0, 0.1) is 11.2 Å². The van der Waals surface area contributed by atoms with Gasteiger partial charge in [0.25, 0.3) is 0 Å². The average Bonchev–Trinajstić information content (AvgIpc) is 3.43. The minimum atomic E-state index is -1.64. The predicted octanol–water partition coefficient (Wildman–Crippen LogP) is 6.80. The van der Waals surface area contributed by atoms with Gasteiger partial charge < -0.3 is 9.64 Å². The van der Waals surface area contributed by atoms with Crippen molar-refractivity contribution >= 4 is 40.7 Å². The zero-order valence-electron chi connectivity index (χ0n) is 21.9. The Hall–Kier alpha value is -4.55. The molecule has 0 unspecified atom stereocenters. The van der Waals surface area contributed by atoms with Gasteiger partial charge in [0.2, 0.25) is 0 Å².